The number of aliphatic carboxylic acids is 1. The highest BCUT2D eigenvalue weighted by molar-refractivity contribution is 6.00. The average molecular weight is 361 g/mol. The molecule has 2 atom stereocenters. The summed E-state index contributed by atoms with van der Waals surface area (Å²) in [5.41, 5.74) is 2.59. The van der Waals surface area contributed by atoms with Crippen LogP contribution in [-0.4, -0.2) is 11.1 Å². The third-order valence-electron chi connectivity index (χ3n) is 5.14. The molecule has 0 spiro atoms. The molecule has 2 aromatic carbocycles. The van der Waals surface area contributed by atoms with Crippen LogP contribution in [0.4, 0.5) is 0 Å². The van der Waals surface area contributed by atoms with E-state index in [0.29, 0.717) is 17.9 Å². The Labute approximate surface area is 162 Å². The Morgan fingerprint density at radius 1 is 1.04 bits per heavy atom. The first-order chi connectivity index (χ1) is 13.1. The second-order valence-corrected chi connectivity index (χ2v) is 6.81. The summed E-state index contributed by atoms with van der Waals surface area (Å²) >= 11 is 0. The predicted octanol–water partition coefficient (Wildman–Crippen LogP) is 6.05. The standard InChI is InChI=1S/C24H27NO2/c1-3-11-21(19-12-7-5-8-13-19)18(4-2)16-22(23(17-25)24(26)27)20-14-9-6-10-15-20/h5-10,12-15,18,21H,3-4,11,16H2,1-2H3,(H,26,27). The average Bonchev–Trinajstić information content (AvgIpc) is 2.70. The third-order valence-corrected chi connectivity index (χ3v) is 5.14. The Kier molecular flexibility index (Phi) is 7.82. The highest BCUT2D eigenvalue weighted by Gasteiger charge is 2.25. The van der Waals surface area contributed by atoms with Gasteiger partial charge in [-0.05, 0) is 41.4 Å². The zero-order valence-electron chi connectivity index (χ0n) is 16.1. The summed E-state index contributed by atoms with van der Waals surface area (Å²) in [6, 6.07) is 21.8. The lowest BCUT2D eigenvalue weighted by atomic mass is 9.76. The van der Waals surface area contributed by atoms with Crippen molar-refractivity contribution in [3.63, 3.8) is 0 Å². The lowest BCUT2D eigenvalue weighted by Crippen LogP contribution is -2.15. The van der Waals surface area contributed by atoms with Gasteiger partial charge in [0, 0.05) is 0 Å². The number of carbonyl (C=O) groups is 1. The summed E-state index contributed by atoms with van der Waals surface area (Å²) < 4.78 is 0. The summed E-state index contributed by atoms with van der Waals surface area (Å²) in [5.74, 6) is -0.545. The molecule has 0 aromatic heterocycles. The normalized spacial score (nSPS) is 14.0. The molecular weight excluding hydrogens is 334 g/mol. The molecule has 0 saturated carbocycles. The van der Waals surface area contributed by atoms with Crippen LogP contribution in [-0.2, 0) is 4.79 Å². The van der Waals surface area contributed by atoms with Crippen LogP contribution in [0.1, 0.15) is 56.6 Å². The van der Waals surface area contributed by atoms with E-state index < -0.39 is 5.97 Å². The van der Waals surface area contributed by atoms with Gasteiger partial charge in [-0.2, -0.15) is 5.26 Å². The summed E-state index contributed by atoms with van der Waals surface area (Å²) in [4.78, 5) is 11.7. The molecule has 2 rings (SSSR count). The first kappa shape index (κ1) is 20.5. The van der Waals surface area contributed by atoms with Gasteiger partial charge in [0.05, 0.1) is 0 Å². The number of hydrogen-bond acceptors (Lipinski definition) is 2. The van der Waals surface area contributed by atoms with Crippen molar-refractivity contribution in [2.45, 2.75) is 45.4 Å². The second kappa shape index (κ2) is 10.3. The van der Waals surface area contributed by atoms with Gasteiger partial charge >= 0.3 is 5.97 Å². The Morgan fingerprint density at radius 2 is 1.63 bits per heavy atom. The molecule has 0 aliphatic rings. The number of hydrogen-bond donors (Lipinski definition) is 1. The maximum absolute atomic E-state index is 11.7. The van der Waals surface area contributed by atoms with E-state index in [9.17, 15) is 15.2 Å². The maximum atomic E-state index is 11.7. The van der Waals surface area contributed by atoms with E-state index >= 15 is 0 Å². The predicted molar refractivity (Wildman–Crippen MR) is 109 cm³/mol. The lowest BCUT2D eigenvalue weighted by molar-refractivity contribution is -0.132. The van der Waals surface area contributed by atoms with Crippen LogP contribution in [0.5, 0.6) is 0 Å². The molecule has 3 nitrogen and oxygen atoms in total. The molecular formula is C24H27NO2. The largest absolute Gasteiger partial charge is 0.477 e. The third kappa shape index (κ3) is 5.31. The number of nitriles is 1. The van der Waals surface area contributed by atoms with E-state index in [0.717, 1.165) is 24.8 Å². The maximum Gasteiger partial charge on any atom is 0.346 e. The van der Waals surface area contributed by atoms with Gasteiger partial charge in [-0.3, -0.25) is 0 Å². The van der Waals surface area contributed by atoms with Gasteiger partial charge in [-0.1, -0.05) is 87.4 Å². The van der Waals surface area contributed by atoms with E-state index in [1.807, 2.05) is 42.5 Å². The van der Waals surface area contributed by atoms with Crippen LogP contribution in [0.25, 0.3) is 5.57 Å². The van der Waals surface area contributed by atoms with Gasteiger partial charge in [0.1, 0.15) is 11.6 Å². The van der Waals surface area contributed by atoms with Crippen LogP contribution in [0, 0.1) is 17.2 Å². The highest BCUT2D eigenvalue weighted by atomic mass is 16.4. The van der Waals surface area contributed by atoms with Crippen LogP contribution >= 0.6 is 0 Å². The molecule has 2 unspecified atom stereocenters. The molecule has 0 amide bonds. The zero-order valence-corrected chi connectivity index (χ0v) is 16.1. The molecule has 27 heavy (non-hydrogen) atoms. The quantitative estimate of drug-likeness (QED) is 0.437. The molecule has 0 bridgehead atoms. The molecule has 3 heteroatoms. The summed E-state index contributed by atoms with van der Waals surface area (Å²) in [7, 11) is 0. The van der Waals surface area contributed by atoms with Crippen molar-refractivity contribution < 1.29 is 9.90 Å². The number of allylic oxidation sites excluding steroid dienone is 1. The van der Waals surface area contributed by atoms with E-state index in [2.05, 4.69) is 38.1 Å². The first-order valence-electron chi connectivity index (χ1n) is 9.59. The minimum atomic E-state index is -1.15. The van der Waals surface area contributed by atoms with Gasteiger partial charge in [0.15, 0.2) is 0 Å². The minimum Gasteiger partial charge on any atom is -0.477 e. The van der Waals surface area contributed by atoms with Gasteiger partial charge in [0.25, 0.3) is 0 Å². The van der Waals surface area contributed by atoms with E-state index in [4.69, 9.17) is 0 Å². The van der Waals surface area contributed by atoms with Gasteiger partial charge < -0.3 is 5.11 Å². The number of carboxylic acid groups (broad SMARTS) is 1. The SMILES string of the molecule is CCCC(c1ccccc1)C(CC)CC(=C(C#N)C(=O)O)c1ccccc1. The number of rotatable bonds is 9. The fourth-order valence-corrected chi connectivity index (χ4v) is 3.77. The van der Waals surface area contributed by atoms with E-state index in [-0.39, 0.29) is 11.5 Å². The highest BCUT2D eigenvalue weighted by Crippen LogP contribution is 2.38. The number of nitrogens with zero attached hydrogens (tertiary/aromatic N) is 1. The van der Waals surface area contributed by atoms with E-state index in [1.165, 1.54) is 5.56 Å². The van der Waals surface area contributed by atoms with Crippen LogP contribution in [0.2, 0.25) is 0 Å². The molecule has 2 aromatic rings. The zero-order chi connectivity index (χ0) is 19.6. The van der Waals surface area contributed by atoms with Crippen LogP contribution < -0.4 is 0 Å². The summed E-state index contributed by atoms with van der Waals surface area (Å²) in [6.45, 7) is 4.32. The summed E-state index contributed by atoms with van der Waals surface area (Å²) in [5, 5.41) is 19.1. The van der Waals surface area contributed by atoms with Crippen molar-refractivity contribution in [1.82, 2.24) is 0 Å². The fourth-order valence-electron chi connectivity index (χ4n) is 3.77. The Hall–Kier alpha value is -2.86. The second-order valence-electron chi connectivity index (χ2n) is 6.81. The molecule has 1 N–H and O–H groups in total. The number of benzene rings is 2. The number of carboxylic acids is 1. The fraction of sp³-hybridized carbons (Fsp3) is 0.333. The van der Waals surface area contributed by atoms with Crippen molar-refractivity contribution in [3.8, 4) is 6.07 Å². The van der Waals surface area contributed by atoms with Crippen molar-refractivity contribution in [2.24, 2.45) is 5.92 Å². The van der Waals surface area contributed by atoms with Crippen molar-refractivity contribution >= 4 is 11.5 Å². The molecule has 0 fully saturated rings. The topological polar surface area (TPSA) is 61.1 Å². The van der Waals surface area contributed by atoms with Gasteiger partial charge in [-0.15, -0.1) is 0 Å². The van der Waals surface area contributed by atoms with Crippen LogP contribution in [0.3, 0.4) is 0 Å². The molecule has 140 valence electrons. The van der Waals surface area contributed by atoms with Crippen molar-refractivity contribution in [2.75, 3.05) is 0 Å². The van der Waals surface area contributed by atoms with E-state index in [1.54, 1.807) is 0 Å². The Balaban J connectivity index is 2.47. The van der Waals surface area contributed by atoms with Crippen molar-refractivity contribution in [1.29, 1.82) is 5.26 Å². The minimum absolute atomic E-state index is 0.150. The Bertz CT molecular complexity index is 803. The Morgan fingerprint density at radius 3 is 2.11 bits per heavy atom. The van der Waals surface area contributed by atoms with Gasteiger partial charge in [-0.25, -0.2) is 4.79 Å². The smallest absolute Gasteiger partial charge is 0.346 e. The van der Waals surface area contributed by atoms with Crippen molar-refractivity contribution in [3.05, 3.63) is 77.4 Å². The molecule has 0 aliphatic carbocycles. The van der Waals surface area contributed by atoms with Crippen LogP contribution in [0.15, 0.2) is 66.2 Å². The monoisotopic (exact) mass is 361 g/mol. The summed E-state index contributed by atoms with van der Waals surface area (Å²) in [6.07, 6.45) is 3.60. The van der Waals surface area contributed by atoms with Gasteiger partial charge in [0.2, 0.25) is 0 Å². The molecule has 0 saturated heterocycles. The molecule has 0 radical (unpaired) electrons. The first-order valence-corrected chi connectivity index (χ1v) is 9.59. The molecule has 0 aliphatic heterocycles. The lowest BCUT2D eigenvalue weighted by Gasteiger charge is -2.28. The molecule has 0 heterocycles.